The van der Waals surface area contributed by atoms with E-state index in [1.807, 2.05) is 43.4 Å². The van der Waals surface area contributed by atoms with Gasteiger partial charge in [0.15, 0.2) is 10.4 Å². The third-order valence-electron chi connectivity index (χ3n) is 3.44. The molecule has 2 aromatic heterocycles. The Labute approximate surface area is 122 Å². The normalized spacial score (nSPS) is 11.2. The fourth-order valence-electron chi connectivity index (χ4n) is 2.46. The summed E-state index contributed by atoms with van der Waals surface area (Å²) < 4.78 is 4.57. The number of nitrogens with zero attached hydrogens (tertiary/aromatic N) is 4. The van der Waals surface area contributed by atoms with E-state index in [2.05, 4.69) is 33.2 Å². The molecular formula is C14H17N5S. The number of nitrogens with one attached hydrogen (secondary N) is 1. The van der Waals surface area contributed by atoms with Gasteiger partial charge in [-0.15, -0.1) is 0 Å². The highest BCUT2D eigenvalue weighted by molar-refractivity contribution is 7.71. The average Bonchev–Trinajstić information content (AvgIpc) is 2.88. The predicted molar refractivity (Wildman–Crippen MR) is 84.3 cm³/mol. The van der Waals surface area contributed by atoms with E-state index in [0.717, 1.165) is 28.2 Å². The summed E-state index contributed by atoms with van der Waals surface area (Å²) in [4.78, 5) is 5.32. The zero-order valence-electron chi connectivity index (χ0n) is 12.0. The van der Waals surface area contributed by atoms with Gasteiger partial charge in [0.1, 0.15) is 5.52 Å². The van der Waals surface area contributed by atoms with Crippen molar-refractivity contribution in [3.8, 4) is 5.69 Å². The molecular weight excluding hydrogens is 270 g/mol. The minimum Gasteiger partial charge on any atom is -0.378 e. The van der Waals surface area contributed by atoms with Crippen molar-refractivity contribution in [1.82, 2.24) is 19.3 Å². The molecule has 0 amide bonds. The summed E-state index contributed by atoms with van der Waals surface area (Å²) in [7, 11) is 5.99. The van der Waals surface area contributed by atoms with Crippen LogP contribution >= 0.6 is 12.2 Å². The number of H-pyrrole nitrogens is 1. The Hall–Kier alpha value is -2.08. The second kappa shape index (κ2) is 4.49. The molecule has 0 fully saturated rings. The van der Waals surface area contributed by atoms with Gasteiger partial charge in [-0.3, -0.25) is 4.57 Å². The van der Waals surface area contributed by atoms with E-state index in [4.69, 9.17) is 12.2 Å². The highest BCUT2D eigenvalue weighted by atomic mass is 32.1. The summed E-state index contributed by atoms with van der Waals surface area (Å²) >= 11 is 5.47. The minimum atomic E-state index is 0.687. The van der Waals surface area contributed by atoms with Crippen LogP contribution in [0.3, 0.4) is 0 Å². The summed E-state index contributed by atoms with van der Waals surface area (Å²) in [5.41, 5.74) is 5.11. The van der Waals surface area contributed by atoms with Crippen molar-refractivity contribution in [3.63, 3.8) is 0 Å². The lowest BCUT2D eigenvalue weighted by atomic mass is 10.2. The van der Waals surface area contributed by atoms with Gasteiger partial charge in [-0.25, -0.2) is 4.68 Å². The fraction of sp³-hybridized carbons (Fsp3) is 0.286. The molecule has 3 rings (SSSR count). The lowest BCUT2D eigenvalue weighted by Crippen LogP contribution is -2.09. The van der Waals surface area contributed by atoms with Crippen molar-refractivity contribution < 1.29 is 0 Å². The quantitative estimate of drug-likeness (QED) is 0.737. The summed E-state index contributed by atoms with van der Waals surface area (Å²) in [6, 6.07) is 8.28. The van der Waals surface area contributed by atoms with E-state index in [1.54, 1.807) is 0 Å². The smallest absolute Gasteiger partial charge is 0.184 e. The van der Waals surface area contributed by atoms with Gasteiger partial charge in [-0.2, -0.15) is 5.10 Å². The number of aromatic amines is 1. The maximum Gasteiger partial charge on any atom is 0.184 e. The van der Waals surface area contributed by atoms with Gasteiger partial charge in [0.05, 0.1) is 11.4 Å². The Balaban J connectivity index is 2.32. The summed E-state index contributed by atoms with van der Waals surface area (Å²) in [6.07, 6.45) is 0. The molecule has 3 aromatic rings. The van der Waals surface area contributed by atoms with Crippen molar-refractivity contribution in [3.05, 3.63) is 34.7 Å². The molecule has 1 aromatic carbocycles. The zero-order valence-corrected chi connectivity index (χ0v) is 12.8. The van der Waals surface area contributed by atoms with Crippen molar-refractivity contribution in [2.75, 3.05) is 19.0 Å². The molecule has 6 heteroatoms. The van der Waals surface area contributed by atoms with Gasteiger partial charge in [-0.05, 0) is 37.3 Å². The third-order valence-corrected chi connectivity index (χ3v) is 3.73. The number of aryl methyl sites for hydroxylation is 2. The molecule has 5 nitrogen and oxygen atoms in total. The van der Waals surface area contributed by atoms with Crippen LogP contribution in [0.4, 0.5) is 5.69 Å². The molecule has 0 atom stereocenters. The van der Waals surface area contributed by atoms with Crippen molar-refractivity contribution >= 4 is 29.1 Å². The molecule has 0 aliphatic heterocycles. The first-order chi connectivity index (χ1) is 9.49. The standard InChI is InChI=1S/C14H17N5S/c1-9-12-13(18(4)16-9)19(14(20)15-12)11-7-5-6-10(8-11)17(2)3/h5-8H,1-4H3,(H,15,20). The average molecular weight is 287 g/mol. The monoisotopic (exact) mass is 287 g/mol. The first kappa shape index (κ1) is 12.9. The van der Waals surface area contributed by atoms with Crippen LogP contribution in [0.25, 0.3) is 16.9 Å². The molecule has 20 heavy (non-hydrogen) atoms. The van der Waals surface area contributed by atoms with Crippen molar-refractivity contribution in [2.45, 2.75) is 6.92 Å². The molecule has 0 radical (unpaired) electrons. The van der Waals surface area contributed by atoms with Crippen LogP contribution in [0.15, 0.2) is 24.3 Å². The number of rotatable bonds is 2. The minimum absolute atomic E-state index is 0.687. The summed E-state index contributed by atoms with van der Waals surface area (Å²) in [6.45, 7) is 1.98. The predicted octanol–water partition coefficient (Wildman–Crippen LogP) is 2.80. The van der Waals surface area contributed by atoms with Crippen LogP contribution in [0, 0.1) is 11.7 Å². The second-order valence-electron chi connectivity index (χ2n) is 5.09. The lowest BCUT2D eigenvalue weighted by Gasteiger charge is -2.14. The van der Waals surface area contributed by atoms with Gasteiger partial charge in [0.2, 0.25) is 0 Å². The highest BCUT2D eigenvalue weighted by Crippen LogP contribution is 2.23. The maximum atomic E-state index is 5.47. The molecule has 0 unspecified atom stereocenters. The van der Waals surface area contributed by atoms with Crippen molar-refractivity contribution in [1.29, 1.82) is 0 Å². The van der Waals surface area contributed by atoms with Gasteiger partial charge < -0.3 is 9.88 Å². The number of benzene rings is 1. The fourth-order valence-corrected chi connectivity index (χ4v) is 2.75. The number of anilines is 1. The number of hydrogen-bond donors (Lipinski definition) is 1. The number of fused-ring (bicyclic) bond motifs is 1. The highest BCUT2D eigenvalue weighted by Gasteiger charge is 2.14. The van der Waals surface area contributed by atoms with E-state index in [1.165, 1.54) is 0 Å². The zero-order chi connectivity index (χ0) is 14.4. The Morgan fingerprint density at radius 2 is 2.05 bits per heavy atom. The lowest BCUT2D eigenvalue weighted by molar-refractivity contribution is 0.759. The van der Waals surface area contributed by atoms with Crippen LogP contribution < -0.4 is 4.90 Å². The van der Waals surface area contributed by atoms with Gasteiger partial charge in [0, 0.05) is 26.8 Å². The number of imidazole rings is 1. The van der Waals surface area contributed by atoms with E-state index >= 15 is 0 Å². The molecule has 0 aliphatic carbocycles. The number of hydrogen-bond acceptors (Lipinski definition) is 3. The van der Waals surface area contributed by atoms with Gasteiger partial charge in [0.25, 0.3) is 0 Å². The van der Waals surface area contributed by atoms with E-state index in [-0.39, 0.29) is 0 Å². The Morgan fingerprint density at radius 1 is 1.30 bits per heavy atom. The Kier molecular flexibility index (Phi) is 2.90. The van der Waals surface area contributed by atoms with E-state index in [0.29, 0.717) is 4.77 Å². The van der Waals surface area contributed by atoms with E-state index < -0.39 is 0 Å². The first-order valence-corrected chi connectivity index (χ1v) is 6.82. The van der Waals surface area contributed by atoms with E-state index in [9.17, 15) is 0 Å². The van der Waals surface area contributed by atoms with Crippen LogP contribution in [0.2, 0.25) is 0 Å². The molecule has 1 N–H and O–H groups in total. The molecule has 2 heterocycles. The SMILES string of the molecule is Cc1nn(C)c2c1[nH]c(=S)n2-c1cccc(N(C)C)c1. The second-order valence-corrected chi connectivity index (χ2v) is 5.47. The van der Waals surface area contributed by atoms with Crippen LogP contribution in [-0.4, -0.2) is 33.4 Å². The topological polar surface area (TPSA) is 41.8 Å². The molecule has 0 spiro atoms. The molecule has 0 saturated heterocycles. The Morgan fingerprint density at radius 3 is 2.75 bits per heavy atom. The third kappa shape index (κ3) is 1.84. The van der Waals surface area contributed by atoms with Crippen LogP contribution in [0.1, 0.15) is 5.69 Å². The number of aromatic nitrogens is 4. The van der Waals surface area contributed by atoms with Crippen molar-refractivity contribution in [2.24, 2.45) is 7.05 Å². The summed E-state index contributed by atoms with van der Waals surface area (Å²) in [5, 5.41) is 4.44. The van der Waals surface area contributed by atoms with Crippen LogP contribution in [0.5, 0.6) is 0 Å². The molecule has 0 bridgehead atoms. The van der Waals surface area contributed by atoms with Gasteiger partial charge >= 0.3 is 0 Å². The molecule has 104 valence electrons. The Bertz CT molecular complexity index is 837. The first-order valence-electron chi connectivity index (χ1n) is 6.41. The molecule has 0 aliphatic rings. The van der Waals surface area contributed by atoms with Gasteiger partial charge in [-0.1, -0.05) is 6.07 Å². The maximum absolute atomic E-state index is 5.47. The summed E-state index contributed by atoms with van der Waals surface area (Å²) in [5.74, 6) is 0. The molecule has 0 saturated carbocycles. The largest absolute Gasteiger partial charge is 0.378 e. The van der Waals surface area contributed by atoms with Crippen LogP contribution in [-0.2, 0) is 7.05 Å².